The summed E-state index contributed by atoms with van der Waals surface area (Å²) in [6.45, 7) is 0.861. The summed E-state index contributed by atoms with van der Waals surface area (Å²) < 4.78 is 0. The lowest BCUT2D eigenvalue weighted by atomic mass is 9.94. The van der Waals surface area contributed by atoms with E-state index in [0.717, 1.165) is 18.4 Å². The third-order valence-electron chi connectivity index (χ3n) is 5.23. The van der Waals surface area contributed by atoms with Crippen LogP contribution in [0.3, 0.4) is 0 Å². The Balaban J connectivity index is 1.55. The standard InChI is InChI=1S/C19H19ClN2O2/c20-15-6-4-14(5-7-15)18(8-9-18)17(23)22-12-10-19(24,13-22)16-3-1-2-11-21-16/h1-7,11,24H,8-10,12-13H2. The average molecular weight is 343 g/mol. The second-order valence-corrected chi connectivity index (χ2v) is 7.25. The van der Waals surface area contributed by atoms with Gasteiger partial charge in [-0.15, -0.1) is 0 Å². The molecule has 0 radical (unpaired) electrons. The lowest BCUT2D eigenvalue weighted by Gasteiger charge is -2.26. The highest BCUT2D eigenvalue weighted by atomic mass is 35.5. The number of amides is 1. The van der Waals surface area contributed by atoms with Crippen LogP contribution in [-0.2, 0) is 15.8 Å². The monoisotopic (exact) mass is 342 g/mol. The minimum atomic E-state index is -1.05. The van der Waals surface area contributed by atoms with E-state index in [1.54, 1.807) is 11.1 Å². The highest BCUT2D eigenvalue weighted by Crippen LogP contribution is 2.50. The van der Waals surface area contributed by atoms with Gasteiger partial charge in [-0.25, -0.2) is 0 Å². The largest absolute Gasteiger partial charge is 0.382 e. The number of hydrogen-bond donors (Lipinski definition) is 1. The number of pyridine rings is 1. The molecule has 0 bridgehead atoms. The number of likely N-dealkylation sites (tertiary alicyclic amines) is 1. The van der Waals surface area contributed by atoms with Crippen molar-refractivity contribution in [1.82, 2.24) is 9.88 Å². The Bertz CT molecular complexity index is 759. The van der Waals surface area contributed by atoms with Crippen molar-refractivity contribution in [1.29, 1.82) is 0 Å². The smallest absolute Gasteiger partial charge is 0.233 e. The van der Waals surface area contributed by atoms with Gasteiger partial charge in [-0.3, -0.25) is 9.78 Å². The minimum Gasteiger partial charge on any atom is -0.382 e. The predicted octanol–water partition coefficient (Wildman–Crippen LogP) is 2.89. The second-order valence-electron chi connectivity index (χ2n) is 6.81. The molecule has 24 heavy (non-hydrogen) atoms. The van der Waals surface area contributed by atoms with Gasteiger partial charge in [0.2, 0.25) is 5.91 Å². The second kappa shape index (κ2) is 5.57. The molecule has 0 spiro atoms. The van der Waals surface area contributed by atoms with Gasteiger partial charge in [-0.05, 0) is 42.7 Å². The first-order chi connectivity index (χ1) is 11.5. The quantitative estimate of drug-likeness (QED) is 0.933. The van der Waals surface area contributed by atoms with E-state index in [1.807, 2.05) is 42.5 Å². The summed E-state index contributed by atoms with van der Waals surface area (Å²) in [6, 6.07) is 13.0. The van der Waals surface area contributed by atoms with Crippen molar-refractivity contribution in [3.63, 3.8) is 0 Å². The van der Waals surface area contributed by atoms with Crippen LogP contribution in [0.5, 0.6) is 0 Å². The van der Waals surface area contributed by atoms with Crippen LogP contribution in [0.1, 0.15) is 30.5 Å². The molecule has 124 valence electrons. The predicted molar refractivity (Wildman–Crippen MR) is 91.7 cm³/mol. The summed E-state index contributed by atoms with van der Waals surface area (Å²) in [4.78, 5) is 19.2. The van der Waals surface area contributed by atoms with Gasteiger partial charge in [-0.1, -0.05) is 29.8 Å². The highest BCUT2D eigenvalue weighted by Gasteiger charge is 2.55. The van der Waals surface area contributed by atoms with Crippen LogP contribution in [0.25, 0.3) is 0 Å². The van der Waals surface area contributed by atoms with E-state index in [1.165, 1.54) is 0 Å². The molecule has 4 nitrogen and oxygen atoms in total. The molecular formula is C19H19ClN2O2. The Labute approximate surface area is 146 Å². The lowest BCUT2D eigenvalue weighted by Crippen LogP contribution is -2.40. The molecule has 1 aromatic heterocycles. The van der Waals surface area contributed by atoms with E-state index in [9.17, 15) is 9.90 Å². The molecule has 1 aliphatic carbocycles. The number of rotatable bonds is 3. The molecule has 1 N–H and O–H groups in total. The van der Waals surface area contributed by atoms with Crippen molar-refractivity contribution in [3.05, 3.63) is 64.9 Å². The number of halogens is 1. The zero-order valence-electron chi connectivity index (χ0n) is 13.3. The summed E-state index contributed by atoms with van der Waals surface area (Å²) >= 11 is 5.96. The first kappa shape index (κ1) is 15.6. The Kier molecular flexibility index (Phi) is 3.62. The Morgan fingerprint density at radius 1 is 1.12 bits per heavy atom. The molecule has 1 aliphatic heterocycles. The van der Waals surface area contributed by atoms with Gasteiger partial charge in [0.25, 0.3) is 0 Å². The molecule has 5 heteroatoms. The van der Waals surface area contributed by atoms with Crippen LogP contribution in [0.15, 0.2) is 48.7 Å². The highest BCUT2D eigenvalue weighted by molar-refractivity contribution is 6.30. The fourth-order valence-electron chi connectivity index (χ4n) is 3.64. The van der Waals surface area contributed by atoms with Gasteiger partial charge in [-0.2, -0.15) is 0 Å². The fraction of sp³-hybridized carbons (Fsp3) is 0.368. The van der Waals surface area contributed by atoms with Gasteiger partial charge in [0.05, 0.1) is 17.7 Å². The molecule has 2 aromatic rings. The first-order valence-electron chi connectivity index (χ1n) is 8.23. The summed E-state index contributed by atoms with van der Waals surface area (Å²) in [6.07, 6.45) is 3.90. The first-order valence-corrected chi connectivity index (χ1v) is 8.61. The number of β-amino-alcohol motifs (C(OH)–C–C–N with tert-alkyl or cyclic N) is 1. The number of carbonyl (C=O) groups excluding carboxylic acids is 1. The number of aromatic nitrogens is 1. The molecule has 1 saturated heterocycles. The van der Waals surface area contributed by atoms with Crippen molar-refractivity contribution in [2.45, 2.75) is 30.3 Å². The fourth-order valence-corrected chi connectivity index (χ4v) is 3.76. The van der Waals surface area contributed by atoms with E-state index >= 15 is 0 Å². The summed E-state index contributed by atoms with van der Waals surface area (Å²) in [5.74, 6) is 0.108. The van der Waals surface area contributed by atoms with E-state index < -0.39 is 11.0 Å². The van der Waals surface area contributed by atoms with E-state index in [0.29, 0.717) is 30.2 Å². The number of benzene rings is 1. The van der Waals surface area contributed by atoms with Crippen molar-refractivity contribution < 1.29 is 9.90 Å². The average Bonchev–Trinajstić information content (AvgIpc) is 3.32. The summed E-state index contributed by atoms with van der Waals surface area (Å²) in [5.41, 5.74) is 0.175. The molecule has 1 unspecified atom stereocenters. The van der Waals surface area contributed by atoms with Crippen molar-refractivity contribution in [2.75, 3.05) is 13.1 Å². The molecule has 2 heterocycles. The van der Waals surface area contributed by atoms with Gasteiger partial charge in [0, 0.05) is 24.2 Å². The molecule has 2 fully saturated rings. The number of carbonyl (C=O) groups is 1. The van der Waals surface area contributed by atoms with E-state index in [2.05, 4.69) is 4.98 Å². The van der Waals surface area contributed by atoms with Crippen LogP contribution in [-0.4, -0.2) is 34.0 Å². The molecule has 1 amide bonds. The maximum atomic E-state index is 13.1. The lowest BCUT2D eigenvalue weighted by molar-refractivity contribution is -0.134. The van der Waals surface area contributed by atoms with Crippen molar-refractivity contribution in [2.24, 2.45) is 0 Å². The topological polar surface area (TPSA) is 53.4 Å². The zero-order valence-corrected chi connectivity index (χ0v) is 14.0. The Morgan fingerprint density at radius 3 is 2.50 bits per heavy atom. The zero-order chi connectivity index (χ0) is 16.8. The van der Waals surface area contributed by atoms with Gasteiger partial charge in [0.1, 0.15) is 5.60 Å². The number of aliphatic hydroxyl groups is 1. The summed E-state index contributed by atoms with van der Waals surface area (Å²) in [7, 11) is 0. The third kappa shape index (κ3) is 2.50. The normalized spacial score (nSPS) is 24.8. The van der Waals surface area contributed by atoms with Crippen molar-refractivity contribution in [3.8, 4) is 0 Å². The molecular weight excluding hydrogens is 324 g/mol. The SMILES string of the molecule is O=C(N1CCC(O)(c2ccccn2)C1)C1(c2ccc(Cl)cc2)CC1. The number of hydrogen-bond acceptors (Lipinski definition) is 3. The van der Waals surface area contributed by atoms with E-state index in [4.69, 9.17) is 11.6 Å². The number of nitrogens with zero attached hydrogens (tertiary/aromatic N) is 2. The maximum Gasteiger partial charge on any atom is 0.233 e. The van der Waals surface area contributed by atoms with Crippen LogP contribution in [0, 0.1) is 0 Å². The van der Waals surface area contributed by atoms with Crippen LogP contribution in [0.4, 0.5) is 0 Å². The molecule has 1 atom stereocenters. The minimum absolute atomic E-state index is 0.108. The van der Waals surface area contributed by atoms with Gasteiger partial charge < -0.3 is 10.0 Å². The Morgan fingerprint density at radius 2 is 1.88 bits per heavy atom. The van der Waals surface area contributed by atoms with Gasteiger partial charge in [0.15, 0.2) is 0 Å². The van der Waals surface area contributed by atoms with E-state index in [-0.39, 0.29) is 5.91 Å². The van der Waals surface area contributed by atoms with Crippen molar-refractivity contribution >= 4 is 17.5 Å². The molecule has 1 saturated carbocycles. The van der Waals surface area contributed by atoms with Gasteiger partial charge >= 0.3 is 0 Å². The Hall–Kier alpha value is -1.91. The van der Waals surface area contributed by atoms with Crippen LogP contribution in [0.2, 0.25) is 5.02 Å². The van der Waals surface area contributed by atoms with Crippen LogP contribution < -0.4 is 0 Å². The molecule has 1 aromatic carbocycles. The summed E-state index contributed by atoms with van der Waals surface area (Å²) in [5, 5.41) is 11.6. The van der Waals surface area contributed by atoms with Crippen LogP contribution >= 0.6 is 11.6 Å². The third-order valence-corrected chi connectivity index (χ3v) is 5.48. The maximum absolute atomic E-state index is 13.1. The molecule has 2 aliphatic rings. The molecule has 4 rings (SSSR count).